The van der Waals surface area contributed by atoms with Crippen LogP contribution in [0.1, 0.15) is 5.76 Å². The molecule has 0 aliphatic carbocycles. The van der Waals surface area contributed by atoms with E-state index in [9.17, 15) is 0 Å². The second kappa shape index (κ2) is 2.28. The quantitative estimate of drug-likeness (QED) is 0.594. The lowest BCUT2D eigenvalue weighted by Crippen LogP contribution is -1.92. The fourth-order valence-electron chi connectivity index (χ4n) is 0.559. The fraction of sp³-hybridized carbons (Fsp3) is 0.200. The highest BCUT2D eigenvalue weighted by Gasteiger charge is 2.19. The van der Waals surface area contributed by atoms with E-state index >= 15 is 0 Å². The van der Waals surface area contributed by atoms with E-state index in [4.69, 9.17) is 18.1 Å². The van der Waals surface area contributed by atoms with Crippen LogP contribution in [-0.2, 0) is 0 Å². The number of aryl methyl sites for hydroxylation is 1. The van der Waals surface area contributed by atoms with Crippen LogP contribution < -0.4 is 0 Å². The van der Waals surface area contributed by atoms with Gasteiger partial charge in [-0.05, 0) is 19.1 Å². The van der Waals surface area contributed by atoms with Crippen LogP contribution in [0.2, 0.25) is 0 Å². The maximum absolute atomic E-state index is 8.60. The summed E-state index contributed by atoms with van der Waals surface area (Å²) < 4.78 is 30.5. The summed E-state index contributed by atoms with van der Waals surface area (Å²) in [6, 6.07) is 2.87. The lowest BCUT2D eigenvalue weighted by molar-refractivity contribution is 0.327. The van der Waals surface area contributed by atoms with Crippen molar-refractivity contribution >= 4 is 10.9 Å². The van der Waals surface area contributed by atoms with Gasteiger partial charge in [0.1, 0.15) is 16.6 Å². The summed E-state index contributed by atoms with van der Waals surface area (Å²) in [5, 5.41) is -0.190. The second-order valence-electron chi connectivity index (χ2n) is 1.88. The summed E-state index contributed by atoms with van der Waals surface area (Å²) >= 11 is 0. The highest BCUT2D eigenvalue weighted by atomic mass is 32.3. The Bertz CT molecular complexity index is 224. The molecule has 0 unspecified atom stereocenters. The molecule has 0 aliphatic rings. The maximum atomic E-state index is 8.60. The van der Waals surface area contributed by atoms with Crippen LogP contribution in [0.25, 0.3) is 0 Å². The van der Waals surface area contributed by atoms with Crippen molar-refractivity contribution in [2.24, 2.45) is 0 Å². The van der Waals surface area contributed by atoms with E-state index in [1.54, 1.807) is 13.0 Å². The van der Waals surface area contributed by atoms with Gasteiger partial charge in [0, 0.05) is 0 Å². The first-order chi connectivity index (χ1) is 4.50. The van der Waals surface area contributed by atoms with Crippen LogP contribution in [0.5, 0.6) is 0 Å². The predicted molar refractivity (Wildman–Crippen MR) is 37.2 cm³/mol. The Morgan fingerprint density at radius 2 is 1.90 bits per heavy atom. The minimum Gasteiger partial charge on any atom is -0.450 e. The third kappa shape index (κ3) is 1.51. The van der Waals surface area contributed by atoms with E-state index in [0.717, 1.165) is 0 Å². The molecule has 1 rings (SSSR count). The molecule has 0 saturated carbocycles. The second-order valence-corrected chi connectivity index (χ2v) is 3.32. The molecule has 1 heterocycles. The molecule has 10 heavy (non-hydrogen) atoms. The lowest BCUT2D eigenvalue weighted by Gasteiger charge is -2.14. The summed E-state index contributed by atoms with van der Waals surface area (Å²) in [5.41, 5.74) is 0. The van der Waals surface area contributed by atoms with E-state index in [2.05, 4.69) is 0 Å². The van der Waals surface area contributed by atoms with Gasteiger partial charge in [-0.15, -0.1) is 0 Å². The zero-order valence-electron chi connectivity index (χ0n) is 5.31. The monoisotopic (exact) mass is 164 g/mol. The molecule has 5 heteroatoms. The predicted octanol–water partition coefficient (Wildman–Crippen LogP) is 2.17. The molecule has 1 aromatic heterocycles. The molecule has 4 nitrogen and oxygen atoms in total. The molecule has 0 aliphatic heterocycles. The van der Waals surface area contributed by atoms with Gasteiger partial charge in [-0.25, -0.2) is 0 Å². The number of hydrogen-bond acceptors (Lipinski definition) is 4. The van der Waals surface area contributed by atoms with Crippen molar-refractivity contribution in [1.82, 2.24) is 0 Å². The number of hydrogen-bond donors (Lipinski definition) is 3. The molecule has 0 aromatic carbocycles. The van der Waals surface area contributed by atoms with Crippen LogP contribution in [0.3, 0.4) is 0 Å². The summed E-state index contributed by atoms with van der Waals surface area (Å²) in [6.45, 7) is 1.65. The van der Waals surface area contributed by atoms with Crippen molar-refractivity contribution in [1.29, 1.82) is 0 Å². The molecule has 58 valence electrons. The molecule has 0 saturated heterocycles. The van der Waals surface area contributed by atoms with Crippen molar-refractivity contribution in [2.75, 3.05) is 0 Å². The zero-order chi connectivity index (χ0) is 7.78. The standard InChI is InChI=1S/C5H8O4S/c1-4-2-3-5(9-4)10(6,7)8/h2-3,6-8H,1H3. The highest BCUT2D eigenvalue weighted by Crippen LogP contribution is 2.43. The third-order valence-corrected chi connectivity index (χ3v) is 1.74. The molecule has 0 radical (unpaired) electrons. The van der Waals surface area contributed by atoms with Gasteiger partial charge in [-0.2, -0.15) is 0 Å². The fourth-order valence-corrected chi connectivity index (χ4v) is 1.05. The normalized spacial score (nSPS) is 13.6. The minimum atomic E-state index is -3.65. The topological polar surface area (TPSA) is 73.8 Å². The highest BCUT2D eigenvalue weighted by molar-refractivity contribution is 8.19. The van der Waals surface area contributed by atoms with E-state index in [-0.39, 0.29) is 5.09 Å². The minimum absolute atomic E-state index is 0.190. The summed E-state index contributed by atoms with van der Waals surface area (Å²) in [6.07, 6.45) is 0. The van der Waals surface area contributed by atoms with Crippen molar-refractivity contribution in [3.8, 4) is 0 Å². The van der Waals surface area contributed by atoms with Crippen LogP contribution in [0, 0.1) is 6.92 Å². The Balaban J connectivity index is 2.96. The average Bonchev–Trinajstić information content (AvgIpc) is 2.11. The van der Waals surface area contributed by atoms with Crippen LogP contribution in [-0.4, -0.2) is 13.7 Å². The van der Waals surface area contributed by atoms with Gasteiger partial charge >= 0.3 is 0 Å². The Labute approximate surface area is 59.7 Å². The average molecular weight is 164 g/mol. The molecule has 3 N–H and O–H groups in total. The Morgan fingerprint density at radius 3 is 2.10 bits per heavy atom. The van der Waals surface area contributed by atoms with Gasteiger partial charge in [-0.3, -0.25) is 0 Å². The summed E-state index contributed by atoms with van der Waals surface area (Å²) in [4.78, 5) is 0. The van der Waals surface area contributed by atoms with Crippen LogP contribution >= 0.6 is 10.9 Å². The molecule has 0 atom stereocenters. The summed E-state index contributed by atoms with van der Waals surface area (Å²) in [7, 11) is -3.65. The van der Waals surface area contributed by atoms with E-state index in [0.29, 0.717) is 5.76 Å². The van der Waals surface area contributed by atoms with E-state index < -0.39 is 10.9 Å². The smallest absolute Gasteiger partial charge is 0.214 e. The van der Waals surface area contributed by atoms with E-state index in [1.165, 1.54) is 6.07 Å². The number of furan rings is 1. The van der Waals surface area contributed by atoms with Gasteiger partial charge in [0.25, 0.3) is 0 Å². The van der Waals surface area contributed by atoms with Gasteiger partial charge in [0.15, 0.2) is 0 Å². The zero-order valence-corrected chi connectivity index (χ0v) is 6.13. The van der Waals surface area contributed by atoms with Gasteiger partial charge in [-0.1, -0.05) is 0 Å². The molecular weight excluding hydrogens is 156 g/mol. The first kappa shape index (κ1) is 7.62. The Kier molecular flexibility index (Phi) is 1.74. The Morgan fingerprint density at radius 1 is 1.30 bits per heavy atom. The van der Waals surface area contributed by atoms with Gasteiger partial charge in [0.05, 0.1) is 0 Å². The van der Waals surface area contributed by atoms with E-state index in [1.807, 2.05) is 0 Å². The first-order valence-corrected chi connectivity index (χ1v) is 4.07. The molecule has 0 spiro atoms. The lowest BCUT2D eigenvalue weighted by atomic mass is 10.5. The van der Waals surface area contributed by atoms with Crippen molar-refractivity contribution in [2.45, 2.75) is 12.0 Å². The summed E-state index contributed by atoms with van der Waals surface area (Å²) in [5.74, 6) is 0.532. The molecular formula is C5H8O4S. The van der Waals surface area contributed by atoms with Crippen molar-refractivity contribution < 1.29 is 18.1 Å². The molecule has 1 aromatic rings. The number of rotatable bonds is 1. The molecule has 0 fully saturated rings. The Hall–Kier alpha value is -0.490. The third-order valence-electron chi connectivity index (χ3n) is 0.986. The van der Waals surface area contributed by atoms with Crippen LogP contribution in [0.4, 0.5) is 0 Å². The largest absolute Gasteiger partial charge is 0.450 e. The van der Waals surface area contributed by atoms with Crippen LogP contribution in [0.15, 0.2) is 21.6 Å². The first-order valence-electron chi connectivity index (χ1n) is 2.57. The van der Waals surface area contributed by atoms with Gasteiger partial charge in [0.2, 0.25) is 5.09 Å². The van der Waals surface area contributed by atoms with Crippen molar-refractivity contribution in [3.63, 3.8) is 0 Å². The molecule has 0 bridgehead atoms. The van der Waals surface area contributed by atoms with Gasteiger partial charge < -0.3 is 18.1 Å². The van der Waals surface area contributed by atoms with Crippen molar-refractivity contribution in [3.05, 3.63) is 17.9 Å². The maximum Gasteiger partial charge on any atom is 0.214 e. The SMILES string of the molecule is Cc1ccc(S(O)(O)O)o1. The molecule has 0 amide bonds.